The van der Waals surface area contributed by atoms with Crippen LogP contribution in [0.25, 0.3) is 11.0 Å². The molecule has 0 unspecified atom stereocenters. The Hall–Kier alpha value is -1.59. The number of fused-ring (bicyclic) bond motifs is 1. The topological polar surface area (TPSA) is 75.9 Å². The van der Waals surface area contributed by atoms with Gasteiger partial charge in [-0.15, -0.1) is 0 Å². The fourth-order valence-corrected chi connectivity index (χ4v) is 2.34. The molecule has 1 aliphatic rings. The highest BCUT2D eigenvalue weighted by Crippen LogP contribution is 2.28. The monoisotopic (exact) mass is 263 g/mol. The number of halogens is 1. The number of nitrogens with one attached hydrogen (secondary N) is 2. The Balaban J connectivity index is 2.07. The zero-order chi connectivity index (χ0) is 12.5. The van der Waals surface area contributed by atoms with Crippen LogP contribution in [0.3, 0.4) is 0 Å². The van der Waals surface area contributed by atoms with Gasteiger partial charge in [-0.05, 0) is 25.1 Å². The molecule has 1 saturated heterocycles. The summed E-state index contributed by atoms with van der Waals surface area (Å²) in [6.45, 7) is 1.96. The van der Waals surface area contributed by atoms with Crippen LogP contribution >= 0.6 is 11.6 Å². The van der Waals surface area contributed by atoms with Crippen molar-refractivity contribution in [2.75, 3.05) is 24.1 Å². The summed E-state index contributed by atoms with van der Waals surface area (Å²) in [5.74, 6) is 0. The molecule has 2 aromatic rings. The first kappa shape index (κ1) is 11.5. The molecule has 3 heterocycles. The summed E-state index contributed by atoms with van der Waals surface area (Å²) in [5.41, 5.74) is 8.94. The highest BCUT2D eigenvalue weighted by molar-refractivity contribution is 6.29. The minimum absolute atomic E-state index is 0.374. The number of anilines is 2. The van der Waals surface area contributed by atoms with Crippen LogP contribution in [-0.4, -0.2) is 29.1 Å². The molecular formula is C12H14ClN5. The van der Waals surface area contributed by atoms with Crippen LogP contribution in [0.5, 0.6) is 0 Å². The van der Waals surface area contributed by atoms with Crippen LogP contribution in [-0.2, 0) is 0 Å². The third-order valence-electron chi connectivity index (χ3n) is 3.12. The molecule has 0 spiro atoms. The van der Waals surface area contributed by atoms with Gasteiger partial charge in [-0.2, -0.15) is 0 Å². The van der Waals surface area contributed by atoms with E-state index in [2.05, 4.69) is 20.6 Å². The number of nitrogen functional groups attached to an aromatic ring is 1. The molecular weight excluding hydrogens is 250 g/mol. The lowest BCUT2D eigenvalue weighted by molar-refractivity contribution is 0.794. The predicted molar refractivity (Wildman–Crippen MR) is 73.9 cm³/mol. The number of nitrogens with zero attached hydrogens (tertiary/aromatic N) is 2. The maximum atomic E-state index is 5.99. The number of nitrogens with two attached hydrogens (primary N) is 1. The minimum atomic E-state index is 0.374. The first-order chi connectivity index (χ1) is 8.74. The zero-order valence-corrected chi connectivity index (χ0v) is 10.5. The van der Waals surface area contributed by atoms with Gasteiger partial charge in [-0.25, -0.2) is 4.98 Å². The van der Waals surface area contributed by atoms with E-state index in [1.54, 1.807) is 12.3 Å². The van der Waals surface area contributed by atoms with Crippen LogP contribution in [0.1, 0.15) is 6.42 Å². The quantitative estimate of drug-likeness (QED) is 0.718. The van der Waals surface area contributed by atoms with Crippen molar-refractivity contribution in [1.82, 2.24) is 15.3 Å². The lowest BCUT2D eigenvalue weighted by Gasteiger charge is -2.16. The van der Waals surface area contributed by atoms with Gasteiger partial charge in [0.1, 0.15) is 10.7 Å². The molecule has 18 heavy (non-hydrogen) atoms. The van der Waals surface area contributed by atoms with E-state index < -0.39 is 0 Å². The summed E-state index contributed by atoms with van der Waals surface area (Å²) in [6.07, 6.45) is 2.73. The van der Waals surface area contributed by atoms with Gasteiger partial charge in [0.2, 0.25) is 0 Å². The van der Waals surface area contributed by atoms with Crippen molar-refractivity contribution in [2.45, 2.75) is 12.5 Å². The van der Waals surface area contributed by atoms with Crippen molar-refractivity contribution in [2.24, 2.45) is 0 Å². The first-order valence-electron chi connectivity index (χ1n) is 5.92. The largest absolute Gasteiger partial charge is 0.396 e. The van der Waals surface area contributed by atoms with E-state index in [9.17, 15) is 0 Å². The number of pyridine rings is 2. The fourth-order valence-electron chi connectivity index (χ4n) is 2.19. The molecule has 0 radical (unpaired) electrons. The fraction of sp³-hybridized carbons (Fsp3) is 0.333. The van der Waals surface area contributed by atoms with E-state index in [0.717, 1.165) is 36.2 Å². The van der Waals surface area contributed by atoms with E-state index >= 15 is 0 Å². The Morgan fingerprint density at radius 1 is 1.44 bits per heavy atom. The summed E-state index contributed by atoms with van der Waals surface area (Å²) >= 11 is 5.94. The van der Waals surface area contributed by atoms with Crippen LogP contribution < -0.4 is 16.4 Å². The van der Waals surface area contributed by atoms with Crippen molar-refractivity contribution in [3.05, 3.63) is 23.5 Å². The molecule has 1 aliphatic heterocycles. The molecule has 0 amide bonds. The molecule has 1 atom stereocenters. The van der Waals surface area contributed by atoms with Crippen molar-refractivity contribution in [1.29, 1.82) is 0 Å². The smallest absolute Gasteiger partial charge is 0.130 e. The third-order valence-corrected chi connectivity index (χ3v) is 3.33. The van der Waals surface area contributed by atoms with Crippen LogP contribution in [0.15, 0.2) is 18.3 Å². The normalized spacial score (nSPS) is 19.3. The van der Waals surface area contributed by atoms with Gasteiger partial charge in [0.15, 0.2) is 0 Å². The molecule has 0 bridgehead atoms. The molecule has 94 valence electrons. The molecule has 0 aromatic carbocycles. The van der Waals surface area contributed by atoms with E-state index in [1.807, 2.05) is 6.07 Å². The average Bonchev–Trinajstić information content (AvgIpc) is 2.86. The Morgan fingerprint density at radius 3 is 3.11 bits per heavy atom. The molecule has 0 aliphatic carbocycles. The summed E-state index contributed by atoms with van der Waals surface area (Å²) in [7, 11) is 0. The van der Waals surface area contributed by atoms with E-state index in [-0.39, 0.29) is 0 Å². The predicted octanol–water partition coefficient (Wildman–Crippen LogP) is 1.64. The molecule has 2 aromatic heterocycles. The molecule has 5 nitrogen and oxygen atoms in total. The van der Waals surface area contributed by atoms with Gasteiger partial charge in [0.05, 0.1) is 23.1 Å². The second kappa shape index (κ2) is 4.59. The number of hydrogen-bond acceptors (Lipinski definition) is 5. The van der Waals surface area contributed by atoms with Gasteiger partial charge in [0, 0.05) is 12.6 Å². The number of hydrogen-bond donors (Lipinski definition) is 3. The van der Waals surface area contributed by atoms with Crippen molar-refractivity contribution < 1.29 is 0 Å². The van der Waals surface area contributed by atoms with E-state index in [1.165, 1.54) is 0 Å². The van der Waals surface area contributed by atoms with Crippen molar-refractivity contribution in [3.8, 4) is 0 Å². The lowest BCUT2D eigenvalue weighted by Crippen LogP contribution is -2.23. The molecule has 0 saturated carbocycles. The average molecular weight is 264 g/mol. The maximum absolute atomic E-state index is 5.99. The number of aromatic nitrogens is 2. The van der Waals surface area contributed by atoms with Crippen LogP contribution in [0.2, 0.25) is 5.15 Å². The Kier molecular flexibility index (Phi) is 2.93. The summed E-state index contributed by atoms with van der Waals surface area (Å²) < 4.78 is 0. The summed E-state index contributed by atoms with van der Waals surface area (Å²) in [6, 6.07) is 3.95. The minimum Gasteiger partial charge on any atom is -0.396 e. The van der Waals surface area contributed by atoms with Gasteiger partial charge >= 0.3 is 0 Å². The first-order valence-corrected chi connectivity index (χ1v) is 6.30. The van der Waals surface area contributed by atoms with Crippen LogP contribution in [0.4, 0.5) is 11.4 Å². The Morgan fingerprint density at radius 2 is 2.33 bits per heavy atom. The zero-order valence-electron chi connectivity index (χ0n) is 9.78. The van der Waals surface area contributed by atoms with E-state index in [0.29, 0.717) is 16.9 Å². The summed E-state index contributed by atoms with van der Waals surface area (Å²) in [4.78, 5) is 8.57. The molecule has 6 heteroatoms. The molecule has 1 fully saturated rings. The van der Waals surface area contributed by atoms with Crippen molar-refractivity contribution in [3.63, 3.8) is 0 Å². The number of rotatable bonds is 2. The third kappa shape index (κ3) is 2.07. The standard InChI is InChI=1S/C12H14ClN5/c13-10-2-1-9-12(18-10)11(8(14)6-16-9)17-7-3-4-15-5-7/h1-2,6-7,15H,3-5,14H2,(H,16,17)/t7-/m0/s1. The SMILES string of the molecule is Nc1cnc2ccc(Cl)nc2c1N[C@H]1CCNC1. The van der Waals surface area contributed by atoms with Gasteiger partial charge in [-0.1, -0.05) is 11.6 Å². The Labute approximate surface area is 110 Å². The summed E-state index contributed by atoms with van der Waals surface area (Å²) in [5, 5.41) is 7.18. The van der Waals surface area contributed by atoms with Crippen molar-refractivity contribution >= 4 is 34.0 Å². The lowest BCUT2D eigenvalue weighted by atomic mass is 10.2. The maximum Gasteiger partial charge on any atom is 0.130 e. The van der Waals surface area contributed by atoms with Crippen LogP contribution in [0, 0.1) is 0 Å². The molecule has 3 rings (SSSR count). The molecule has 4 N–H and O–H groups in total. The van der Waals surface area contributed by atoms with Gasteiger partial charge < -0.3 is 16.4 Å². The second-order valence-corrected chi connectivity index (χ2v) is 4.81. The van der Waals surface area contributed by atoms with Gasteiger partial charge in [0.25, 0.3) is 0 Å². The highest BCUT2D eigenvalue weighted by atomic mass is 35.5. The second-order valence-electron chi connectivity index (χ2n) is 4.42. The van der Waals surface area contributed by atoms with Gasteiger partial charge in [-0.3, -0.25) is 4.98 Å². The Bertz CT molecular complexity index is 575. The highest BCUT2D eigenvalue weighted by Gasteiger charge is 2.17. The van der Waals surface area contributed by atoms with E-state index in [4.69, 9.17) is 17.3 Å².